The highest BCUT2D eigenvalue weighted by Gasteiger charge is 2.22. The molecule has 2 aromatic carbocycles. The lowest BCUT2D eigenvalue weighted by molar-refractivity contribution is -0.909. The second-order valence-corrected chi connectivity index (χ2v) is 7.02. The van der Waals surface area contributed by atoms with Crippen molar-refractivity contribution in [1.82, 2.24) is 5.32 Å². The highest BCUT2D eigenvalue weighted by Crippen LogP contribution is 2.23. The van der Waals surface area contributed by atoms with Crippen molar-refractivity contribution in [3.05, 3.63) is 65.7 Å². The van der Waals surface area contributed by atoms with Crippen LogP contribution in [0.15, 0.2) is 54.6 Å². The fourth-order valence-corrected chi connectivity index (χ4v) is 3.41. The van der Waals surface area contributed by atoms with E-state index in [1.165, 1.54) is 4.90 Å². The Morgan fingerprint density at radius 2 is 1.76 bits per heavy atom. The summed E-state index contributed by atoms with van der Waals surface area (Å²) in [5, 5.41) is 3.16. The first-order valence-electron chi connectivity index (χ1n) is 9.86. The van der Waals surface area contributed by atoms with Gasteiger partial charge in [0.25, 0.3) is 0 Å². The first-order chi connectivity index (χ1) is 14.2. The van der Waals surface area contributed by atoms with E-state index in [1.807, 2.05) is 30.3 Å². The number of hydrogen-bond donors (Lipinski definition) is 2. The van der Waals surface area contributed by atoms with E-state index in [1.54, 1.807) is 32.4 Å². The third-order valence-corrected chi connectivity index (χ3v) is 5.01. The number of morpholine rings is 1. The summed E-state index contributed by atoms with van der Waals surface area (Å²) in [6, 6.07) is 15.6. The molecule has 1 fully saturated rings. The molecule has 29 heavy (non-hydrogen) atoms. The van der Waals surface area contributed by atoms with Crippen molar-refractivity contribution in [1.29, 1.82) is 0 Å². The average molecular weight is 397 g/mol. The predicted octanol–water partition coefficient (Wildman–Crippen LogP) is 1.49. The topological polar surface area (TPSA) is 61.2 Å². The highest BCUT2D eigenvalue weighted by atomic mass is 16.5. The number of quaternary nitrogens is 1. The van der Waals surface area contributed by atoms with Gasteiger partial charge in [0.2, 0.25) is 5.91 Å². The third-order valence-electron chi connectivity index (χ3n) is 5.01. The number of hydrogen-bond acceptors (Lipinski definition) is 4. The quantitative estimate of drug-likeness (QED) is 0.663. The molecule has 3 rings (SSSR count). The first-order valence-corrected chi connectivity index (χ1v) is 9.86. The van der Waals surface area contributed by atoms with E-state index in [9.17, 15) is 4.79 Å². The molecule has 154 valence electrons. The summed E-state index contributed by atoms with van der Waals surface area (Å²) >= 11 is 0. The molecule has 1 aliphatic heterocycles. The van der Waals surface area contributed by atoms with Crippen molar-refractivity contribution in [3.63, 3.8) is 0 Å². The van der Waals surface area contributed by atoms with Crippen LogP contribution >= 0.6 is 0 Å². The minimum Gasteiger partial charge on any atom is -0.497 e. The van der Waals surface area contributed by atoms with E-state index in [2.05, 4.69) is 17.4 Å². The lowest BCUT2D eigenvalue weighted by Gasteiger charge is -2.28. The van der Waals surface area contributed by atoms with Gasteiger partial charge in [0.05, 0.1) is 27.4 Å². The molecule has 2 N–H and O–H groups in total. The van der Waals surface area contributed by atoms with Crippen LogP contribution in [0.3, 0.4) is 0 Å². The van der Waals surface area contributed by atoms with Crippen LogP contribution in [0.25, 0.3) is 6.08 Å². The Bertz CT molecular complexity index is 795. The van der Waals surface area contributed by atoms with Crippen molar-refractivity contribution >= 4 is 12.0 Å². The molecular formula is C23H29N2O4+. The van der Waals surface area contributed by atoms with E-state index in [-0.39, 0.29) is 11.9 Å². The lowest BCUT2D eigenvalue weighted by Crippen LogP contribution is -3.14. The van der Waals surface area contributed by atoms with Crippen LogP contribution in [-0.4, -0.2) is 53.0 Å². The van der Waals surface area contributed by atoms with Gasteiger partial charge in [-0.05, 0) is 29.3 Å². The smallest absolute Gasteiger partial charge is 0.244 e. The van der Waals surface area contributed by atoms with Crippen molar-refractivity contribution in [2.45, 2.75) is 6.04 Å². The molecular weight excluding hydrogens is 368 g/mol. The number of carbonyl (C=O) groups is 1. The molecule has 2 aromatic rings. The molecule has 1 amide bonds. The number of methoxy groups -OCH3 is 2. The molecule has 1 atom stereocenters. The number of amides is 1. The van der Waals surface area contributed by atoms with Gasteiger partial charge in [-0.1, -0.05) is 30.3 Å². The molecule has 6 nitrogen and oxygen atoms in total. The van der Waals surface area contributed by atoms with Gasteiger partial charge >= 0.3 is 0 Å². The largest absolute Gasteiger partial charge is 0.497 e. The van der Waals surface area contributed by atoms with Crippen molar-refractivity contribution < 1.29 is 23.9 Å². The van der Waals surface area contributed by atoms with Crippen LogP contribution in [0, 0.1) is 0 Å². The second-order valence-electron chi connectivity index (χ2n) is 7.02. The zero-order chi connectivity index (χ0) is 20.5. The number of benzene rings is 2. The summed E-state index contributed by atoms with van der Waals surface area (Å²) in [7, 11) is 3.21. The zero-order valence-corrected chi connectivity index (χ0v) is 17.0. The molecule has 0 spiro atoms. The Morgan fingerprint density at radius 3 is 2.38 bits per heavy atom. The van der Waals surface area contributed by atoms with Crippen LogP contribution in [0.4, 0.5) is 0 Å². The van der Waals surface area contributed by atoms with Crippen molar-refractivity contribution in [2.24, 2.45) is 0 Å². The first kappa shape index (κ1) is 20.9. The predicted molar refractivity (Wildman–Crippen MR) is 112 cm³/mol. The highest BCUT2D eigenvalue weighted by molar-refractivity contribution is 5.92. The van der Waals surface area contributed by atoms with E-state index in [4.69, 9.17) is 14.2 Å². The fourth-order valence-electron chi connectivity index (χ4n) is 3.41. The SMILES string of the molecule is COc1cc(/C=C/C(=O)N[C@@H](C[NH+]2CCOCC2)c2ccccc2)cc(OC)c1. The molecule has 0 radical (unpaired) electrons. The summed E-state index contributed by atoms with van der Waals surface area (Å²) in [4.78, 5) is 14.1. The molecule has 1 heterocycles. The van der Waals surface area contributed by atoms with Crippen LogP contribution in [0.2, 0.25) is 0 Å². The molecule has 0 aromatic heterocycles. The van der Waals surface area contributed by atoms with E-state index in [0.717, 1.165) is 44.0 Å². The maximum atomic E-state index is 12.7. The maximum Gasteiger partial charge on any atom is 0.244 e. The molecule has 1 aliphatic rings. The molecule has 0 unspecified atom stereocenters. The average Bonchev–Trinajstić information content (AvgIpc) is 2.78. The third kappa shape index (κ3) is 6.34. The zero-order valence-electron chi connectivity index (χ0n) is 17.0. The normalized spacial score (nSPS) is 15.8. The van der Waals surface area contributed by atoms with Crippen LogP contribution < -0.4 is 19.7 Å². The maximum absolute atomic E-state index is 12.7. The summed E-state index contributed by atoms with van der Waals surface area (Å²) in [6.07, 6.45) is 3.32. The second kappa shape index (κ2) is 10.6. The van der Waals surface area contributed by atoms with Crippen molar-refractivity contribution in [2.75, 3.05) is 47.1 Å². The molecule has 0 aliphatic carbocycles. The van der Waals surface area contributed by atoms with Gasteiger partial charge in [0.1, 0.15) is 37.2 Å². The Balaban J connectivity index is 1.70. The Labute approximate surface area is 172 Å². The van der Waals surface area contributed by atoms with Crippen molar-refractivity contribution in [3.8, 4) is 11.5 Å². The minimum absolute atomic E-state index is 0.0544. The van der Waals surface area contributed by atoms with Gasteiger partial charge in [-0.3, -0.25) is 4.79 Å². The van der Waals surface area contributed by atoms with Crippen LogP contribution in [0.1, 0.15) is 17.2 Å². The van der Waals surface area contributed by atoms with E-state index in [0.29, 0.717) is 11.5 Å². The fraction of sp³-hybridized carbons (Fsp3) is 0.348. The number of rotatable bonds is 8. The number of ether oxygens (including phenoxy) is 3. The van der Waals surface area contributed by atoms with Gasteiger partial charge in [-0.15, -0.1) is 0 Å². The number of nitrogens with one attached hydrogen (secondary N) is 2. The van der Waals surface area contributed by atoms with E-state index < -0.39 is 0 Å². The molecule has 6 heteroatoms. The van der Waals surface area contributed by atoms with Crippen LogP contribution in [-0.2, 0) is 9.53 Å². The summed E-state index contributed by atoms with van der Waals surface area (Å²) in [5.74, 6) is 1.23. The van der Waals surface area contributed by atoms with Gasteiger partial charge in [0, 0.05) is 12.1 Å². The van der Waals surface area contributed by atoms with Gasteiger partial charge < -0.3 is 24.4 Å². The summed E-state index contributed by atoms with van der Waals surface area (Å²) in [5.41, 5.74) is 1.95. The van der Waals surface area contributed by atoms with Gasteiger partial charge in [0.15, 0.2) is 0 Å². The molecule has 0 bridgehead atoms. The van der Waals surface area contributed by atoms with Gasteiger partial charge in [-0.2, -0.15) is 0 Å². The lowest BCUT2D eigenvalue weighted by atomic mass is 10.1. The summed E-state index contributed by atoms with van der Waals surface area (Å²) in [6.45, 7) is 4.28. The standard InChI is InChI=1S/C23H28N2O4/c1-27-20-14-18(15-21(16-20)28-2)8-9-23(26)24-22(19-6-4-3-5-7-19)17-25-10-12-29-13-11-25/h3-9,14-16,22H,10-13,17H2,1-2H3,(H,24,26)/p+1/b9-8+/t22-/m0/s1. The monoisotopic (exact) mass is 397 g/mol. The Kier molecular flexibility index (Phi) is 7.67. The summed E-state index contributed by atoms with van der Waals surface area (Å²) < 4.78 is 16.0. The Hall–Kier alpha value is -2.83. The molecule has 0 saturated carbocycles. The minimum atomic E-state index is -0.131. The Morgan fingerprint density at radius 1 is 1.10 bits per heavy atom. The molecule has 1 saturated heterocycles. The number of carbonyl (C=O) groups excluding carboxylic acids is 1. The van der Waals surface area contributed by atoms with Gasteiger partial charge in [-0.25, -0.2) is 0 Å². The van der Waals surface area contributed by atoms with E-state index >= 15 is 0 Å². The van der Waals surface area contributed by atoms with Crippen LogP contribution in [0.5, 0.6) is 11.5 Å².